The van der Waals surface area contributed by atoms with E-state index >= 15 is 0 Å². The quantitative estimate of drug-likeness (QED) is 0.540. The number of nitrogens with zero attached hydrogens (tertiary/aromatic N) is 3. The molecule has 0 unspecified atom stereocenters. The molecule has 0 radical (unpaired) electrons. The molecule has 0 aliphatic heterocycles. The zero-order valence-electron chi connectivity index (χ0n) is 10.9. The molecule has 21 heavy (non-hydrogen) atoms. The lowest BCUT2D eigenvalue weighted by Crippen LogP contribution is -1.94. The van der Waals surface area contributed by atoms with Gasteiger partial charge < -0.3 is 0 Å². The van der Waals surface area contributed by atoms with Gasteiger partial charge in [-0.3, -0.25) is 14.7 Å². The van der Waals surface area contributed by atoms with E-state index in [-0.39, 0.29) is 5.69 Å². The summed E-state index contributed by atoms with van der Waals surface area (Å²) in [6, 6.07) is 16.4. The first-order valence-electron chi connectivity index (χ1n) is 6.25. The monoisotopic (exact) mass is 297 g/mol. The topological polar surface area (TPSA) is 61.0 Å². The Balaban J connectivity index is 1.86. The van der Waals surface area contributed by atoms with Crippen molar-refractivity contribution in [2.75, 3.05) is 0 Å². The highest BCUT2D eigenvalue weighted by atomic mass is 32.2. The van der Waals surface area contributed by atoms with Gasteiger partial charge in [-0.25, -0.2) is 4.98 Å². The van der Waals surface area contributed by atoms with Gasteiger partial charge in [0.15, 0.2) is 5.16 Å². The van der Waals surface area contributed by atoms with Gasteiger partial charge in [0.05, 0.1) is 4.92 Å². The second kappa shape index (κ2) is 5.80. The Morgan fingerprint density at radius 2 is 1.76 bits per heavy atom. The number of hydrogen-bond donors (Lipinski definition) is 0. The number of imidazole rings is 1. The maximum Gasteiger partial charge on any atom is 0.269 e. The second-order valence-electron chi connectivity index (χ2n) is 4.27. The fourth-order valence-corrected chi connectivity index (χ4v) is 2.75. The summed E-state index contributed by atoms with van der Waals surface area (Å²) < 4.78 is 1.98. The first-order chi connectivity index (χ1) is 10.2. The summed E-state index contributed by atoms with van der Waals surface area (Å²) in [5, 5.41) is 11.5. The summed E-state index contributed by atoms with van der Waals surface area (Å²) >= 11 is 1.47. The number of hydrogen-bond acceptors (Lipinski definition) is 4. The molecular formula is C15H11N3O2S. The Bertz CT molecular complexity index is 754. The van der Waals surface area contributed by atoms with Gasteiger partial charge in [0.1, 0.15) is 0 Å². The average molecular weight is 297 g/mol. The highest BCUT2D eigenvalue weighted by Gasteiger charge is 2.09. The van der Waals surface area contributed by atoms with E-state index in [0.29, 0.717) is 0 Å². The van der Waals surface area contributed by atoms with Crippen LogP contribution in [0.5, 0.6) is 0 Å². The van der Waals surface area contributed by atoms with E-state index in [0.717, 1.165) is 15.7 Å². The van der Waals surface area contributed by atoms with Crippen LogP contribution in [0.2, 0.25) is 0 Å². The number of nitro benzene ring substituents is 1. The van der Waals surface area contributed by atoms with Gasteiger partial charge in [-0.1, -0.05) is 30.0 Å². The van der Waals surface area contributed by atoms with Crippen LogP contribution in [0.1, 0.15) is 0 Å². The normalized spacial score (nSPS) is 10.5. The standard InChI is InChI=1S/C15H11N3O2S/c19-18(20)13-6-8-14(9-7-13)21-15-16-10-11-17(15)12-4-2-1-3-5-12/h1-11H. The van der Waals surface area contributed by atoms with Crippen molar-refractivity contribution in [1.82, 2.24) is 9.55 Å². The Kier molecular flexibility index (Phi) is 3.70. The molecule has 1 heterocycles. The van der Waals surface area contributed by atoms with Crippen molar-refractivity contribution in [3.8, 4) is 5.69 Å². The van der Waals surface area contributed by atoms with E-state index in [1.807, 2.05) is 41.1 Å². The molecule has 0 atom stereocenters. The molecule has 0 saturated heterocycles. The Labute approximate surface area is 125 Å². The molecule has 5 nitrogen and oxygen atoms in total. The van der Waals surface area contributed by atoms with E-state index in [2.05, 4.69) is 4.98 Å². The lowest BCUT2D eigenvalue weighted by molar-refractivity contribution is -0.384. The van der Waals surface area contributed by atoms with E-state index in [9.17, 15) is 10.1 Å². The molecule has 0 spiro atoms. The smallest absolute Gasteiger partial charge is 0.269 e. The SMILES string of the molecule is O=[N+]([O-])c1ccc(Sc2nccn2-c2ccccc2)cc1. The van der Waals surface area contributed by atoms with Crippen molar-refractivity contribution in [2.24, 2.45) is 0 Å². The van der Waals surface area contributed by atoms with E-state index in [1.54, 1.807) is 18.3 Å². The fourth-order valence-electron chi connectivity index (χ4n) is 1.89. The first kappa shape index (κ1) is 13.4. The van der Waals surface area contributed by atoms with Gasteiger partial charge in [-0.15, -0.1) is 0 Å². The third-order valence-corrected chi connectivity index (χ3v) is 3.89. The van der Waals surface area contributed by atoms with Crippen molar-refractivity contribution < 1.29 is 4.92 Å². The van der Waals surface area contributed by atoms with E-state index < -0.39 is 4.92 Å². The highest BCUT2D eigenvalue weighted by molar-refractivity contribution is 7.99. The lowest BCUT2D eigenvalue weighted by atomic mass is 10.3. The molecule has 0 aliphatic carbocycles. The molecule has 104 valence electrons. The molecule has 0 aliphatic rings. The third-order valence-electron chi connectivity index (χ3n) is 2.90. The highest BCUT2D eigenvalue weighted by Crippen LogP contribution is 2.29. The number of aromatic nitrogens is 2. The minimum Gasteiger partial charge on any atom is -0.295 e. The molecule has 0 bridgehead atoms. The van der Waals surface area contributed by atoms with Crippen LogP contribution in [-0.2, 0) is 0 Å². The van der Waals surface area contributed by atoms with Crippen LogP contribution in [0.15, 0.2) is 77.0 Å². The van der Waals surface area contributed by atoms with Gasteiger partial charge in [0.2, 0.25) is 0 Å². The number of para-hydroxylation sites is 1. The molecule has 0 saturated carbocycles. The largest absolute Gasteiger partial charge is 0.295 e. The van der Waals surface area contributed by atoms with Crippen LogP contribution >= 0.6 is 11.8 Å². The summed E-state index contributed by atoms with van der Waals surface area (Å²) in [6.07, 6.45) is 3.63. The fraction of sp³-hybridized carbons (Fsp3) is 0. The molecule has 0 N–H and O–H groups in total. The van der Waals surface area contributed by atoms with Crippen LogP contribution < -0.4 is 0 Å². The molecule has 3 aromatic rings. The van der Waals surface area contributed by atoms with Crippen LogP contribution in [0.25, 0.3) is 5.69 Å². The Morgan fingerprint density at radius 1 is 1.05 bits per heavy atom. The minimum atomic E-state index is -0.403. The first-order valence-corrected chi connectivity index (χ1v) is 7.07. The maximum atomic E-state index is 10.7. The molecule has 2 aromatic carbocycles. The van der Waals surface area contributed by atoms with Gasteiger partial charge in [0, 0.05) is 35.1 Å². The van der Waals surface area contributed by atoms with Crippen molar-refractivity contribution in [3.63, 3.8) is 0 Å². The molecule has 3 rings (SSSR count). The van der Waals surface area contributed by atoms with Crippen LogP contribution in [0.4, 0.5) is 5.69 Å². The van der Waals surface area contributed by atoms with Crippen molar-refractivity contribution in [2.45, 2.75) is 10.1 Å². The predicted octanol–water partition coefficient (Wildman–Crippen LogP) is 3.93. The van der Waals surface area contributed by atoms with E-state index in [4.69, 9.17) is 0 Å². The average Bonchev–Trinajstić information content (AvgIpc) is 2.97. The summed E-state index contributed by atoms with van der Waals surface area (Å²) in [6.45, 7) is 0. The minimum absolute atomic E-state index is 0.0887. The van der Waals surface area contributed by atoms with Crippen LogP contribution in [-0.4, -0.2) is 14.5 Å². The molecule has 0 fully saturated rings. The van der Waals surface area contributed by atoms with Gasteiger partial charge in [-0.05, 0) is 24.3 Å². The Hall–Kier alpha value is -2.60. The van der Waals surface area contributed by atoms with Crippen molar-refractivity contribution >= 4 is 17.4 Å². The molecule has 0 amide bonds. The zero-order chi connectivity index (χ0) is 14.7. The summed E-state index contributed by atoms with van der Waals surface area (Å²) in [5.74, 6) is 0. The van der Waals surface area contributed by atoms with Crippen LogP contribution in [0.3, 0.4) is 0 Å². The second-order valence-corrected chi connectivity index (χ2v) is 5.31. The molecule has 1 aromatic heterocycles. The van der Waals surface area contributed by atoms with Gasteiger partial charge in [-0.2, -0.15) is 0 Å². The van der Waals surface area contributed by atoms with Crippen LogP contribution in [0, 0.1) is 10.1 Å². The van der Waals surface area contributed by atoms with Gasteiger partial charge >= 0.3 is 0 Å². The van der Waals surface area contributed by atoms with Gasteiger partial charge in [0.25, 0.3) is 5.69 Å². The summed E-state index contributed by atoms with van der Waals surface area (Å²) in [4.78, 5) is 15.5. The predicted molar refractivity (Wildman–Crippen MR) is 80.8 cm³/mol. The van der Waals surface area contributed by atoms with Crippen molar-refractivity contribution in [1.29, 1.82) is 0 Å². The summed E-state index contributed by atoms with van der Waals surface area (Å²) in [7, 11) is 0. The Morgan fingerprint density at radius 3 is 2.43 bits per heavy atom. The third kappa shape index (κ3) is 2.95. The molecular weight excluding hydrogens is 286 g/mol. The zero-order valence-corrected chi connectivity index (χ0v) is 11.7. The molecule has 6 heteroatoms. The number of non-ortho nitro benzene ring substituents is 1. The van der Waals surface area contributed by atoms with E-state index in [1.165, 1.54) is 23.9 Å². The number of nitro groups is 1. The van der Waals surface area contributed by atoms with Crippen molar-refractivity contribution in [3.05, 3.63) is 77.1 Å². The maximum absolute atomic E-state index is 10.7. The number of benzene rings is 2. The lowest BCUT2D eigenvalue weighted by Gasteiger charge is -2.07. The number of rotatable bonds is 4. The summed E-state index contributed by atoms with van der Waals surface area (Å²) in [5.41, 5.74) is 1.12.